The third-order valence-corrected chi connectivity index (χ3v) is 3.30. The molecule has 0 spiro atoms. The fraction of sp³-hybridized carbons (Fsp3) is 0.533. The number of likely N-dealkylation sites (tertiary alicyclic amines) is 1. The van der Waals surface area contributed by atoms with Crippen LogP contribution >= 0.6 is 11.6 Å². The molecule has 1 aliphatic rings. The molecule has 1 fully saturated rings. The molecule has 0 radical (unpaired) electrons. The molecule has 0 saturated carbocycles. The van der Waals surface area contributed by atoms with Crippen LogP contribution in [0.2, 0.25) is 0 Å². The number of hydrogen-bond donors (Lipinski definition) is 0. The first-order valence-corrected chi connectivity index (χ1v) is 6.91. The van der Waals surface area contributed by atoms with E-state index in [0.29, 0.717) is 16.5 Å². The topological polar surface area (TPSA) is 20.3 Å². The summed E-state index contributed by atoms with van der Waals surface area (Å²) in [5, 5.41) is 0.374. The van der Waals surface area contributed by atoms with Crippen LogP contribution in [-0.2, 0) is 4.79 Å². The van der Waals surface area contributed by atoms with Crippen molar-refractivity contribution in [2.45, 2.75) is 33.6 Å². The maximum absolute atomic E-state index is 12.1. The van der Waals surface area contributed by atoms with Crippen molar-refractivity contribution in [2.75, 3.05) is 13.1 Å². The molecule has 0 N–H and O–H groups in total. The van der Waals surface area contributed by atoms with Gasteiger partial charge in [-0.1, -0.05) is 51.6 Å². The summed E-state index contributed by atoms with van der Waals surface area (Å²) in [5.41, 5.74) is 0.450. The average Bonchev–Trinajstić information content (AvgIpc) is 2.42. The zero-order valence-corrected chi connectivity index (χ0v) is 12.5. The lowest BCUT2D eigenvalue weighted by Crippen LogP contribution is -2.38. The number of carbonyl (C=O) groups excluding carboxylic acids is 1. The first-order chi connectivity index (χ1) is 8.60. The van der Waals surface area contributed by atoms with Gasteiger partial charge in [0.05, 0.1) is 10.6 Å². The molecular formula is C15H24ClNO. The van der Waals surface area contributed by atoms with E-state index in [4.69, 9.17) is 11.6 Å². The fourth-order valence-corrected chi connectivity index (χ4v) is 1.94. The van der Waals surface area contributed by atoms with Gasteiger partial charge in [0.25, 0.3) is 5.91 Å². The smallest absolute Gasteiger partial charge is 0.255 e. The van der Waals surface area contributed by atoms with Gasteiger partial charge in [0, 0.05) is 13.1 Å². The Labute approximate surface area is 116 Å². The Morgan fingerprint density at radius 2 is 1.72 bits per heavy atom. The predicted molar refractivity (Wildman–Crippen MR) is 79.6 cm³/mol. The van der Waals surface area contributed by atoms with Crippen LogP contribution in [0.25, 0.3) is 0 Å². The Balaban J connectivity index is 0.00000137. The van der Waals surface area contributed by atoms with Crippen LogP contribution in [0, 0.1) is 5.92 Å². The zero-order chi connectivity index (χ0) is 14.1. The second kappa shape index (κ2) is 8.98. The van der Waals surface area contributed by atoms with Crippen LogP contribution in [0.4, 0.5) is 0 Å². The van der Waals surface area contributed by atoms with Gasteiger partial charge in [0.15, 0.2) is 0 Å². The van der Waals surface area contributed by atoms with Crippen LogP contribution in [-0.4, -0.2) is 23.9 Å². The minimum absolute atomic E-state index is 0.0354. The monoisotopic (exact) mass is 269 g/mol. The molecule has 0 atom stereocenters. The van der Waals surface area contributed by atoms with Crippen LogP contribution in [0.5, 0.6) is 0 Å². The number of amides is 1. The number of halogens is 1. The number of nitrogens with zero attached hydrogens (tertiary/aromatic N) is 1. The molecule has 3 heteroatoms. The quantitative estimate of drug-likeness (QED) is 0.557. The highest BCUT2D eigenvalue weighted by molar-refractivity contribution is 6.33. The Hall–Kier alpha value is -1.02. The SMILES string of the molecule is C=C/C(Cl)=C(\C=C)C(=O)N1CCC(C)CC1.CC. The molecule has 2 nitrogen and oxygen atoms in total. The van der Waals surface area contributed by atoms with Crippen molar-refractivity contribution >= 4 is 17.5 Å². The van der Waals surface area contributed by atoms with E-state index in [1.54, 1.807) is 0 Å². The van der Waals surface area contributed by atoms with Crippen LogP contribution in [0.15, 0.2) is 35.9 Å². The average molecular weight is 270 g/mol. The van der Waals surface area contributed by atoms with Crippen molar-refractivity contribution in [1.82, 2.24) is 4.90 Å². The summed E-state index contributed by atoms with van der Waals surface area (Å²) in [6.45, 7) is 15.0. The molecule has 18 heavy (non-hydrogen) atoms. The molecule has 0 unspecified atom stereocenters. The normalized spacial score (nSPS) is 17.2. The molecule has 102 valence electrons. The second-order valence-electron chi connectivity index (χ2n) is 4.14. The lowest BCUT2D eigenvalue weighted by atomic mass is 9.98. The molecule has 1 heterocycles. The van der Waals surface area contributed by atoms with E-state index in [9.17, 15) is 4.79 Å². The molecule has 1 aliphatic heterocycles. The minimum Gasteiger partial charge on any atom is -0.339 e. The van der Waals surface area contributed by atoms with E-state index in [0.717, 1.165) is 25.9 Å². The van der Waals surface area contributed by atoms with Crippen LogP contribution < -0.4 is 0 Å². The Morgan fingerprint density at radius 3 is 2.11 bits per heavy atom. The molecular weight excluding hydrogens is 246 g/mol. The molecule has 1 rings (SSSR count). The second-order valence-corrected chi connectivity index (χ2v) is 4.55. The summed E-state index contributed by atoms with van der Waals surface area (Å²) in [5.74, 6) is 0.668. The summed E-state index contributed by atoms with van der Waals surface area (Å²) >= 11 is 5.92. The lowest BCUT2D eigenvalue weighted by molar-refractivity contribution is -0.128. The lowest BCUT2D eigenvalue weighted by Gasteiger charge is -2.30. The number of piperidine rings is 1. The number of hydrogen-bond acceptors (Lipinski definition) is 1. The van der Waals surface area contributed by atoms with E-state index in [2.05, 4.69) is 20.1 Å². The van der Waals surface area contributed by atoms with Gasteiger partial charge in [0.2, 0.25) is 0 Å². The summed E-state index contributed by atoms with van der Waals surface area (Å²) in [6, 6.07) is 0. The van der Waals surface area contributed by atoms with Gasteiger partial charge in [0.1, 0.15) is 0 Å². The van der Waals surface area contributed by atoms with Crippen molar-refractivity contribution in [1.29, 1.82) is 0 Å². The number of rotatable bonds is 3. The highest BCUT2D eigenvalue weighted by atomic mass is 35.5. The molecule has 1 saturated heterocycles. The Bertz CT molecular complexity index is 325. The third-order valence-electron chi connectivity index (χ3n) is 2.94. The summed E-state index contributed by atoms with van der Waals surface area (Å²) in [7, 11) is 0. The highest BCUT2D eigenvalue weighted by Gasteiger charge is 2.22. The van der Waals surface area contributed by atoms with Crippen molar-refractivity contribution in [3.63, 3.8) is 0 Å². The maximum Gasteiger partial charge on any atom is 0.255 e. The Morgan fingerprint density at radius 1 is 1.22 bits per heavy atom. The number of carbonyl (C=O) groups is 1. The van der Waals surface area contributed by atoms with Crippen LogP contribution in [0.1, 0.15) is 33.6 Å². The van der Waals surface area contributed by atoms with E-state index in [-0.39, 0.29) is 5.91 Å². The molecule has 0 aromatic rings. The van der Waals surface area contributed by atoms with Crippen molar-refractivity contribution in [3.8, 4) is 0 Å². The Kier molecular flexibility index (Phi) is 8.47. The third kappa shape index (κ3) is 4.69. The minimum atomic E-state index is -0.0354. The molecule has 0 aromatic heterocycles. The zero-order valence-electron chi connectivity index (χ0n) is 11.7. The summed E-state index contributed by atoms with van der Waals surface area (Å²) in [4.78, 5) is 13.9. The van der Waals surface area contributed by atoms with E-state index < -0.39 is 0 Å². The van der Waals surface area contributed by atoms with Gasteiger partial charge < -0.3 is 4.90 Å². The van der Waals surface area contributed by atoms with Gasteiger partial charge in [-0.25, -0.2) is 0 Å². The fourth-order valence-electron chi connectivity index (χ4n) is 1.78. The maximum atomic E-state index is 12.1. The predicted octanol–water partition coefficient (Wildman–Crippen LogP) is 4.14. The van der Waals surface area contributed by atoms with E-state index in [1.165, 1.54) is 12.2 Å². The summed E-state index contributed by atoms with van der Waals surface area (Å²) < 4.78 is 0. The van der Waals surface area contributed by atoms with Crippen molar-refractivity contribution < 1.29 is 4.79 Å². The van der Waals surface area contributed by atoms with Gasteiger partial charge in [-0.3, -0.25) is 4.79 Å². The van der Waals surface area contributed by atoms with Crippen molar-refractivity contribution in [2.24, 2.45) is 5.92 Å². The van der Waals surface area contributed by atoms with Gasteiger partial charge in [-0.05, 0) is 24.8 Å². The molecule has 1 amide bonds. The van der Waals surface area contributed by atoms with Gasteiger partial charge >= 0.3 is 0 Å². The molecule has 0 aromatic carbocycles. The first-order valence-electron chi connectivity index (χ1n) is 6.54. The highest BCUT2D eigenvalue weighted by Crippen LogP contribution is 2.20. The molecule has 0 aliphatic carbocycles. The van der Waals surface area contributed by atoms with Gasteiger partial charge in [-0.2, -0.15) is 0 Å². The largest absolute Gasteiger partial charge is 0.339 e. The molecule has 0 bridgehead atoms. The van der Waals surface area contributed by atoms with Crippen LogP contribution in [0.3, 0.4) is 0 Å². The van der Waals surface area contributed by atoms with Gasteiger partial charge in [-0.15, -0.1) is 0 Å². The van der Waals surface area contributed by atoms with E-state index in [1.807, 2.05) is 18.7 Å². The standard InChI is InChI=1S/C13H18ClNO.C2H6/c1-4-11(12(14)5-2)13(16)15-8-6-10(3)7-9-15;1-2/h4-5,10H,1-2,6-9H2,3H3;1-2H3/b12-11-;. The summed E-state index contributed by atoms with van der Waals surface area (Å²) in [6.07, 6.45) is 5.09. The number of allylic oxidation sites excluding steroid dienone is 2. The first kappa shape index (κ1) is 17.0. The van der Waals surface area contributed by atoms with Crippen molar-refractivity contribution in [3.05, 3.63) is 35.9 Å². The van der Waals surface area contributed by atoms with E-state index >= 15 is 0 Å².